The molecule has 8 heteroatoms. The molecule has 0 bridgehead atoms. The average molecular weight is 362 g/mol. The molecule has 0 aliphatic heterocycles. The van der Waals surface area contributed by atoms with Crippen molar-refractivity contribution < 1.29 is 13.2 Å². The Labute approximate surface area is 147 Å². The number of nitrogens with zero attached hydrogens (tertiary/aromatic N) is 1. The summed E-state index contributed by atoms with van der Waals surface area (Å²) in [6.07, 6.45) is 2.35. The molecule has 1 aromatic heterocycles. The SMILES string of the molecule is CNS(=O)(=O)c1cccc(C(C)NC(=O)NCCc2ccccn2)c1. The van der Waals surface area contributed by atoms with E-state index >= 15 is 0 Å². The number of urea groups is 1. The van der Waals surface area contributed by atoms with E-state index in [1.54, 1.807) is 31.3 Å². The lowest BCUT2D eigenvalue weighted by molar-refractivity contribution is 0.238. The Morgan fingerprint density at radius 2 is 2.00 bits per heavy atom. The van der Waals surface area contributed by atoms with E-state index in [-0.39, 0.29) is 17.0 Å². The van der Waals surface area contributed by atoms with Gasteiger partial charge in [0.2, 0.25) is 10.0 Å². The number of benzene rings is 1. The summed E-state index contributed by atoms with van der Waals surface area (Å²) in [6, 6.07) is 11.5. The number of hydrogen-bond acceptors (Lipinski definition) is 4. The first kappa shape index (κ1) is 18.9. The molecule has 0 radical (unpaired) electrons. The number of carbonyl (C=O) groups excluding carboxylic acids is 1. The highest BCUT2D eigenvalue weighted by Crippen LogP contribution is 2.17. The zero-order chi connectivity index (χ0) is 18.3. The van der Waals surface area contributed by atoms with Crippen molar-refractivity contribution in [3.63, 3.8) is 0 Å². The summed E-state index contributed by atoms with van der Waals surface area (Å²) >= 11 is 0. The predicted octanol–water partition coefficient (Wildman–Crippen LogP) is 1.59. The Morgan fingerprint density at radius 3 is 2.68 bits per heavy atom. The van der Waals surface area contributed by atoms with Gasteiger partial charge in [0, 0.05) is 24.9 Å². The van der Waals surface area contributed by atoms with Gasteiger partial charge in [-0.05, 0) is 43.8 Å². The van der Waals surface area contributed by atoms with E-state index < -0.39 is 10.0 Å². The fourth-order valence-corrected chi connectivity index (χ4v) is 3.03. The number of nitrogens with one attached hydrogen (secondary N) is 3. The zero-order valence-corrected chi connectivity index (χ0v) is 15.0. The summed E-state index contributed by atoms with van der Waals surface area (Å²) in [5.41, 5.74) is 1.61. The Hall–Kier alpha value is -2.45. The Balaban J connectivity index is 1.89. The summed E-state index contributed by atoms with van der Waals surface area (Å²) in [4.78, 5) is 16.3. The molecule has 7 nitrogen and oxygen atoms in total. The monoisotopic (exact) mass is 362 g/mol. The fourth-order valence-electron chi connectivity index (χ4n) is 2.25. The van der Waals surface area contributed by atoms with Crippen LogP contribution in [0.5, 0.6) is 0 Å². The second kappa shape index (κ2) is 8.59. The summed E-state index contributed by atoms with van der Waals surface area (Å²) in [5, 5.41) is 5.56. The minimum absolute atomic E-state index is 0.164. The summed E-state index contributed by atoms with van der Waals surface area (Å²) < 4.78 is 26.0. The van der Waals surface area contributed by atoms with Crippen LogP contribution in [-0.2, 0) is 16.4 Å². The van der Waals surface area contributed by atoms with Crippen molar-refractivity contribution in [1.82, 2.24) is 20.3 Å². The van der Waals surface area contributed by atoms with Gasteiger partial charge in [-0.15, -0.1) is 0 Å². The van der Waals surface area contributed by atoms with Crippen LogP contribution in [0.4, 0.5) is 4.79 Å². The molecule has 0 saturated carbocycles. The minimum atomic E-state index is -3.51. The van der Waals surface area contributed by atoms with Crippen molar-refractivity contribution in [3.05, 3.63) is 59.9 Å². The average Bonchev–Trinajstić information content (AvgIpc) is 2.62. The number of hydrogen-bond donors (Lipinski definition) is 3. The van der Waals surface area contributed by atoms with Crippen molar-refractivity contribution in [2.45, 2.75) is 24.3 Å². The second-order valence-electron chi connectivity index (χ2n) is 5.47. The lowest BCUT2D eigenvalue weighted by atomic mass is 10.1. The van der Waals surface area contributed by atoms with Gasteiger partial charge < -0.3 is 10.6 Å². The maximum Gasteiger partial charge on any atom is 0.315 e. The number of rotatable bonds is 7. The molecule has 1 atom stereocenters. The molecule has 0 fully saturated rings. The first-order valence-corrected chi connectivity index (χ1v) is 9.38. The predicted molar refractivity (Wildman–Crippen MR) is 95.6 cm³/mol. The quantitative estimate of drug-likeness (QED) is 0.696. The Kier molecular flexibility index (Phi) is 6.49. The van der Waals surface area contributed by atoms with Gasteiger partial charge in [0.25, 0.3) is 0 Å². The van der Waals surface area contributed by atoms with Gasteiger partial charge in [0.1, 0.15) is 0 Å². The molecule has 1 aromatic carbocycles. The van der Waals surface area contributed by atoms with E-state index in [0.29, 0.717) is 18.5 Å². The smallest absolute Gasteiger partial charge is 0.315 e. The molecule has 0 spiro atoms. The highest BCUT2D eigenvalue weighted by Gasteiger charge is 2.15. The van der Waals surface area contributed by atoms with Gasteiger partial charge in [0.15, 0.2) is 0 Å². The van der Waals surface area contributed by atoms with Gasteiger partial charge >= 0.3 is 6.03 Å². The minimum Gasteiger partial charge on any atom is -0.338 e. The summed E-state index contributed by atoms with van der Waals surface area (Å²) in [7, 11) is -2.15. The number of sulfonamides is 1. The van der Waals surface area contributed by atoms with Crippen molar-refractivity contribution in [2.24, 2.45) is 0 Å². The van der Waals surface area contributed by atoms with Crippen LogP contribution in [0.1, 0.15) is 24.2 Å². The first-order valence-electron chi connectivity index (χ1n) is 7.90. The van der Waals surface area contributed by atoms with Crippen LogP contribution in [0, 0.1) is 0 Å². The molecule has 0 aliphatic carbocycles. The lowest BCUT2D eigenvalue weighted by Crippen LogP contribution is -2.38. The number of amides is 2. The maximum absolute atomic E-state index is 12.0. The summed E-state index contributed by atoms with van der Waals surface area (Å²) in [5.74, 6) is 0. The van der Waals surface area contributed by atoms with Gasteiger partial charge in [0.05, 0.1) is 10.9 Å². The highest BCUT2D eigenvalue weighted by molar-refractivity contribution is 7.89. The van der Waals surface area contributed by atoms with Crippen LogP contribution < -0.4 is 15.4 Å². The van der Waals surface area contributed by atoms with E-state index in [1.165, 1.54) is 13.1 Å². The van der Waals surface area contributed by atoms with Gasteiger partial charge in [-0.25, -0.2) is 17.9 Å². The molecule has 3 N–H and O–H groups in total. The lowest BCUT2D eigenvalue weighted by Gasteiger charge is -2.16. The van der Waals surface area contributed by atoms with Gasteiger partial charge in [-0.1, -0.05) is 18.2 Å². The van der Waals surface area contributed by atoms with Crippen molar-refractivity contribution in [2.75, 3.05) is 13.6 Å². The topological polar surface area (TPSA) is 100 Å². The summed E-state index contributed by atoms with van der Waals surface area (Å²) in [6.45, 7) is 2.26. The van der Waals surface area contributed by atoms with Crippen molar-refractivity contribution in [1.29, 1.82) is 0 Å². The third-order valence-corrected chi connectivity index (χ3v) is 5.09. The van der Waals surface area contributed by atoms with Gasteiger partial charge in [-0.3, -0.25) is 4.98 Å². The molecule has 2 amide bonds. The Morgan fingerprint density at radius 1 is 1.20 bits per heavy atom. The molecule has 134 valence electrons. The van der Waals surface area contributed by atoms with Crippen LogP contribution in [0.2, 0.25) is 0 Å². The van der Waals surface area contributed by atoms with E-state index in [2.05, 4.69) is 20.3 Å². The van der Waals surface area contributed by atoms with Crippen LogP contribution >= 0.6 is 0 Å². The van der Waals surface area contributed by atoms with Crippen molar-refractivity contribution >= 4 is 16.1 Å². The van der Waals surface area contributed by atoms with Crippen LogP contribution in [0.15, 0.2) is 53.6 Å². The molecular weight excluding hydrogens is 340 g/mol. The number of pyridine rings is 1. The van der Waals surface area contributed by atoms with E-state index in [9.17, 15) is 13.2 Å². The molecule has 25 heavy (non-hydrogen) atoms. The highest BCUT2D eigenvalue weighted by atomic mass is 32.2. The third-order valence-electron chi connectivity index (χ3n) is 3.68. The largest absolute Gasteiger partial charge is 0.338 e. The van der Waals surface area contributed by atoms with Crippen LogP contribution in [-0.4, -0.2) is 33.0 Å². The van der Waals surface area contributed by atoms with Crippen LogP contribution in [0.25, 0.3) is 0 Å². The van der Waals surface area contributed by atoms with E-state index in [1.807, 2.05) is 18.2 Å². The Bertz CT molecular complexity index is 810. The van der Waals surface area contributed by atoms with E-state index in [4.69, 9.17) is 0 Å². The molecule has 2 rings (SSSR count). The molecule has 0 aliphatic rings. The first-order chi connectivity index (χ1) is 11.9. The van der Waals surface area contributed by atoms with Crippen LogP contribution in [0.3, 0.4) is 0 Å². The van der Waals surface area contributed by atoms with Crippen molar-refractivity contribution in [3.8, 4) is 0 Å². The van der Waals surface area contributed by atoms with Gasteiger partial charge in [-0.2, -0.15) is 0 Å². The maximum atomic E-state index is 12.0. The standard InChI is InChI=1S/C17H22N4O3S/c1-13(14-6-5-8-16(12-14)25(23,24)18-2)21-17(22)20-11-9-15-7-3-4-10-19-15/h3-8,10,12-13,18H,9,11H2,1-2H3,(H2,20,21,22). The molecule has 0 saturated heterocycles. The molecule has 1 unspecified atom stereocenters. The fraction of sp³-hybridized carbons (Fsp3) is 0.294. The molecular formula is C17H22N4O3S. The third kappa shape index (κ3) is 5.54. The normalized spacial score (nSPS) is 12.4. The van der Waals surface area contributed by atoms with E-state index in [0.717, 1.165) is 5.69 Å². The number of carbonyl (C=O) groups is 1. The zero-order valence-electron chi connectivity index (χ0n) is 14.2. The molecule has 2 aromatic rings. The molecule has 1 heterocycles. The number of aromatic nitrogens is 1. The second-order valence-corrected chi connectivity index (χ2v) is 7.36.